The van der Waals surface area contributed by atoms with Crippen LogP contribution in [0.1, 0.15) is 12.6 Å². The summed E-state index contributed by atoms with van der Waals surface area (Å²) in [6.45, 7) is 3.45. The van der Waals surface area contributed by atoms with Gasteiger partial charge in [-0.15, -0.1) is 5.10 Å². The number of carbonyl (C=O) groups excluding carboxylic acids is 1. The molecule has 0 aliphatic heterocycles. The largest absolute Gasteiger partial charge is 0.394 e. The molecule has 0 fully saturated rings. The predicted molar refractivity (Wildman–Crippen MR) is 82.0 cm³/mol. The Bertz CT molecular complexity index is 642. The molecule has 3 N–H and O–H groups in total. The highest BCUT2D eigenvalue weighted by Crippen LogP contribution is 2.22. The van der Waals surface area contributed by atoms with E-state index in [1.165, 1.54) is 0 Å². The summed E-state index contributed by atoms with van der Waals surface area (Å²) in [5, 5.41) is 19.0. The minimum Gasteiger partial charge on any atom is -0.394 e. The topological polar surface area (TPSA) is 79.2 Å². The zero-order chi connectivity index (χ0) is 15.4. The molecule has 2 amide bonds. The van der Waals surface area contributed by atoms with Crippen LogP contribution in [0.25, 0.3) is 5.69 Å². The summed E-state index contributed by atoms with van der Waals surface area (Å²) in [4.78, 5) is 11.7. The van der Waals surface area contributed by atoms with Gasteiger partial charge in [0, 0.05) is 11.8 Å². The van der Waals surface area contributed by atoms with Crippen molar-refractivity contribution in [3.63, 3.8) is 0 Å². The van der Waals surface area contributed by atoms with Gasteiger partial charge in [0.1, 0.15) is 0 Å². The number of carbonyl (C=O) groups is 1. The Morgan fingerprint density at radius 3 is 2.86 bits per heavy atom. The first-order valence-corrected chi connectivity index (χ1v) is 6.89. The van der Waals surface area contributed by atoms with E-state index in [0.717, 1.165) is 11.4 Å². The van der Waals surface area contributed by atoms with Crippen LogP contribution in [0, 0.1) is 6.92 Å². The Labute approximate surface area is 127 Å². The van der Waals surface area contributed by atoms with Gasteiger partial charge in [0.05, 0.1) is 23.4 Å². The minimum absolute atomic E-state index is 0.124. The van der Waals surface area contributed by atoms with E-state index in [0.29, 0.717) is 10.8 Å². The molecular weight excluding hydrogens is 292 g/mol. The normalized spacial score (nSPS) is 12.0. The monoisotopic (exact) mass is 308 g/mol. The van der Waals surface area contributed by atoms with Gasteiger partial charge in [-0.05, 0) is 26.0 Å². The first-order valence-electron chi connectivity index (χ1n) is 6.51. The van der Waals surface area contributed by atoms with Crippen LogP contribution in [0.4, 0.5) is 10.6 Å². The van der Waals surface area contributed by atoms with Crippen LogP contribution < -0.4 is 10.6 Å². The van der Waals surface area contributed by atoms with Gasteiger partial charge < -0.3 is 10.4 Å². The molecule has 1 heterocycles. The highest BCUT2D eigenvalue weighted by Gasteiger charge is 2.12. The van der Waals surface area contributed by atoms with Crippen LogP contribution in [0.5, 0.6) is 0 Å². The number of aromatic nitrogens is 2. The maximum Gasteiger partial charge on any atom is 0.320 e. The molecule has 2 rings (SSSR count). The van der Waals surface area contributed by atoms with Crippen molar-refractivity contribution in [3.05, 3.63) is 41.0 Å². The number of aliphatic hydroxyl groups is 1. The molecule has 0 radical (unpaired) electrons. The number of urea groups is 1. The number of rotatable bonds is 4. The third-order valence-corrected chi connectivity index (χ3v) is 3.18. The molecule has 1 aromatic heterocycles. The molecule has 2 aromatic rings. The fraction of sp³-hybridized carbons (Fsp3) is 0.286. The molecule has 112 valence electrons. The molecule has 21 heavy (non-hydrogen) atoms. The minimum atomic E-state index is -0.416. The van der Waals surface area contributed by atoms with Gasteiger partial charge in [-0.1, -0.05) is 23.7 Å². The van der Waals surface area contributed by atoms with E-state index < -0.39 is 6.03 Å². The molecule has 0 unspecified atom stereocenters. The van der Waals surface area contributed by atoms with Gasteiger partial charge >= 0.3 is 6.03 Å². The number of nitrogens with zero attached hydrogens (tertiary/aromatic N) is 2. The van der Waals surface area contributed by atoms with E-state index in [9.17, 15) is 4.79 Å². The molecule has 7 heteroatoms. The molecule has 0 saturated carbocycles. The summed E-state index contributed by atoms with van der Waals surface area (Å²) in [7, 11) is 0. The van der Waals surface area contributed by atoms with Crippen molar-refractivity contribution in [3.8, 4) is 5.69 Å². The Balaban J connectivity index is 2.17. The van der Waals surface area contributed by atoms with Crippen molar-refractivity contribution in [2.24, 2.45) is 0 Å². The average Bonchev–Trinajstić information content (AvgIpc) is 2.79. The lowest BCUT2D eigenvalue weighted by molar-refractivity contribution is 0.229. The fourth-order valence-corrected chi connectivity index (χ4v) is 2.04. The second-order valence-corrected chi connectivity index (χ2v) is 5.12. The lowest BCUT2D eigenvalue weighted by Gasteiger charge is -2.10. The van der Waals surface area contributed by atoms with Crippen LogP contribution in [-0.2, 0) is 0 Å². The number of hydrogen-bond acceptors (Lipinski definition) is 3. The Kier molecular flexibility index (Phi) is 4.82. The van der Waals surface area contributed by atoms with Gasteiger partial charge in [-0.2, -0.15) is 0 Å². The summed E-state index contributed by atoms with van der Waals surface area (Å²) < 4.78 is 1.66. The quantitative estimate of drug-likeness (QED) is 0.811. The van der Waals surface area contributed by atoms with Gasteiger partial charge in [-0.25, -0.2) is 9.48 Å². The number of aliphatic hydroxyl groups excluding tert-OH is 1. The van der Waals surface area contributed by atoms with Crippen molar-refractivity contribution in [2.75, 3.05) is 11.9 Å². The number of anilines is 1. The molecular formula is C14H17ClN4O2. The molecule has 0 aliphatic rings. The fourth-order valence-electron chi connectivity index (χ4n) is 1.82. The van der Waals surface area contributed by atoms with Crippen LogP contribution in [0.2, 0.25) is 5.02 Å². The van der Waals surface area contributed by atoms with Gasteiger partial charge in [-0.3, -0.25) is 5.32 Å². The lowest BCUT2D eigenvalue weighted by Crippen LogP contribution is -2.38. The summed E-state index contributed by atoms with van der Waals surface area (Å²) in [5.41, 5.74) is 1.59. The first kappa shape index (κ1) is 15.3. The number of aryl methyl sites for hydroxylation is 1. The Hall–Kier alpha value is -2.05. The number of hydrogen-bond donors (Lipinski definition) is 3. The summed E-state index contributed by atoms with van der Waals surface area (Å²) in [6.07, 6.45) is 0. The number of nitrogens with one attached hydrogen (secondary N) is 2. The third kappa shape index (κ3) is 3.74. The second-order valence-electron chi connectivity index (χ2n) is 4.72. The number of benzene rings is 1. The zero-order valence-electron chi connectivity index (χ0n) is 11.8. The number of amides is 2. The predicted octanol–water partition coefficient (Wildman–Crippen LogP) is 2.34. The molecule has 1 aromatic carbocycles. The van der Waals surface area contributed by atoms with E-state index in [1.54, 1.807) is 23.7 Å². The maximum atomic E-state index is 11.7. The zero-order valence-corrected chi connectivity index (χ0v) is 12.6. The van der Waals surface area contributed by atoms with Crippen molar-refractivity contribution in [2.45, 2.75) is 19.9 Å². The summed E-state index contributed by atoms with van der Waals surface area (Å²) >= 11 is 6.15. The molecule has 0 aliphatic carbocycles. The second kappa shape index (κ2) is 6.60. The maximum absolute atomic E-state index is 11.7. The average molecular weight is 309 g/mol. The highest BCUT2D eigenvalue weighted by molar-refractivity contribution is 6.32. The smallest absolute Gasteiger partial charge is 0.320 e. The molecule has 0 bridgehead atoms. The summed E-state index contributed by atoms with van der Waals surface area (Å²) in [6, 6.07) is 8.34. The molecule has 1 atom stereocenters. The van der Waals surface area contributed by atoms with E-state index in [1.807, 2.05) is 25.1 Å². The van der Waals surface area contributed by atoms with Crippen molar-refractivity contribution < 1.29 is 9.90 Å². The van der Waals surface area contributed by atoms with Crippen LogP contribution in [0.15, 0.2) is 30.3 Å². The van der Waals surface area contributed by atoms with Crippen LogP contribution >= 0.6 is 11.6 Å². The van der Waals surface area contributed by atoms with E-state index in [4.69, 9.17) is 16.7 Å². The first-order chi connectivity index (χ1) is 10.0. The molecule has 6 nitrogen and oxygen atoms in total. The van der Waals surface area contributed by atoms with E-state index in [-0.39, 0.29) is 12.6 Å². The van der Waals surface area contributed by atoms with Gasteiger partial charge in [0.15, 0.2) is 5.82 Å². The van der Waals surface area contributed by atoms with E-state index in [2.05, 4.69) is 15.7 Å². The Morgan fingerprint density at radius 1 is 1.48 bits per heavy atom. The van der Waals surface area contributed by atoms with Crippen molar-refractivity contribution in [1.82, 2.24) is 15.1 Å². The number of halogens is 1. The molecule has 0 saturated heterocycles. The SMILES string of the molecule is Cc1cc(NC(=O)N[C@@H](C)CO)nn1-c1ccccc1Cl. The van der Waals surface area contributed by atoms with Crippen molar-refractivity contribution >= 4 is 23.4 Å². The number of para-hydroxylation sites is 1. The Morgan fingerprint density at radius 2 is 2.19 bits per heavy atom. The van der Waals surface area contributed by atoms with Crippen LogP contribution in [0.3, 0.4) is 0 Å². The third-order valence-electron chi connectivity index (χ3n) is 2.86. The van der Waals surface area contributed by atoms with Crippen molar-refractivity contribution in [1.29, 1.82) is 0 Å². The standard InChI is InChI=1S/C14H17ClN4O2/c1-9(8-20)16-14(21)17-13-7-10(2)19(18-13)12-6-4-3-5-11(12)15/h3-7,9,20H,8H2,1-2H3,(H2,16,17,18,21)/t9-/m0/s1. The van der Waals surface area contributed by atoms with Crippen LogP contribution in [-0.4, -0.2) is 33.6 Å². The summed E-state index contributed by atoms with van der Waals surface area (Å²) in [5.74, 6) is 0.412. The van der Waals surface area contributed by atoms with E-state index >= 15 is 0 Å². The van der Waals surface area contributed by atoms with Gasteiger partial charge in [0.2, 0.25) is 0 Å². The lowest BCUT2D eigenvalue weighted by atomic mass is 10.3. The van der Waals surface area contributed by atoms with Gasteiger partial charge in [0.25, 0.3) is 0 Å². The highest BCUT2D eigenvalue weighted by atomic mass is 35.5. The molecule has 0 spiro atoms.